The third kappa shape index (κ3) is 2.92. The van der Waals surface area contributed by atoms with Crippen molar-refractivity contribution in [2.24, 2.45) is 0 Å². The molecule has 2 aromatic carbocycles. The summed E-state index contributed by atoms with van der Waals surface area (Å²) in [5.41, 5.74) is 4.92. The van der Waals surface area contributed by atoms with Gasteiger partial charge in [0.25, 0.3) is 0 Å². The number of hydrogen-bond acceptors (Lipinski definition) is 1. The number of hydrogen-bond donors (Lipinski definition) is 0. The van der Waals surface area contributed by atoms with Gasteiger partial charge in [0, 0.05) is 13.1 Å². The Morgan fingerprint density at radius 3 is 2.36 bits per heavy atom. The highest BCUT2D eigenvalue weighted by atomic mass is 16.2. The van der Waals surface area contributed by atoms with Gasteiger partial charge in [-0.05, 0) is 48.9 Å². The molecule has 0 aromatic heterocycles. The summed E-state index contributed by atoms with van der Waals surface area (Å²) >= 11 is 0. The second-order valence-electron chi connectivity index (χ2n) is 6.25. The molecule has 1 heterocycles. The monoisotopic (exact) mass is 293 g/mol. The van der Waals surface area contributed by atoms with Crippen LogP contribution in [0, 0.1) is 13.8 Å². The minimum Gasteiger partial charge on any atom is -0.338 e. The number of carbonyl (C=O) groups excluding carboxylic acids is 1. The van der Waals surface area contributed by atoms with E-state index < -0.39 is 0 Å². The van der Waals surface area contributed by atoms with Crippen molar-refractivity contribution < 1.29 is 4.79 Å². The third-order valence-electron chi connectivity index (χ3n) is 4.64. The number of rotatable bonds is 3. The predicted octanol–water partition coefficient (Wildman–Crippen LogP) is 4.21. The van der Waals surface area contributed by atoms with Gasteiger partial charge in [-0.15, -0.1) is 0 Å². The van der Waals surface area contributed by atoms with Crippen molar-refractivity contribution in [2.45, 2.75) is 39.2 Å². The van der Waals surface area contributed by atoms with Crippen molar-refractivity contribution in [3.8, 4) is 0 Å². The van der Waals surface area contributed by atoms with Crippen molar-refractivity contribution in [3.05, 3.63) is 70.8 Å². The molecular formula is C20H23NO. The molecule has 1 aliphatic heterocycles. The highest BCUT2D eigenvalue weighted by molar-refractivity contribution is 5.85. The van der Waals surface area contributed by atoms with E-state index in [1.54, 1.807) is 0 Å². The fraction of sp³-hybridized carbons (Fsp3) is 0.350. The Kier molecular flexibility index (Phi) is 4.28. The molecular weight excluding hydrogens is 270 g/mol. The Labute approximate surface area is 132 Å². The molecule has 0 bridgehead atoms. The molecule has 1 amide bonds. The van der Waals surface area contributed by atoms with Crippen molar-refractivity contribution in [1.29, 1.82) is 0 Å². The minimum atomic E-state index is 0.0265. The molecule has 1 unspecified atom stereocenters. The first-order chi connectivity index (χ1) is 10.7. The highest BCUT2D eigenvalue weighted by Gasteiger charge is 2.31. The summed E-state index contributed by atoms with van der Waals surface area (Å²) in [5, 5.41) is 0. The molecule has 2 aromatic rings. The molecule has 0 aliphatic carbocycles. The smallest absolute Gasteiger partial charge is 0.230 e. The van der Waals surface area contributed by atoms with Crippen LogP contribution in [-0.4, -0.2) is 17.4 Å². The summed E-state index contributed by atoms with van der Waals surface area (Å²) < 4.78 is 0. The van der Waals surface area contributed by atoms with E-state index in [0.717, 1.165) is 25.9 Å². The first kappa shape index (κ1) is 14.8. The summed E-state index contributed by atoms with van der Waals surface area (Å²) in [6.07, 6.45) is 2.05. The van der Waals surface area contributed by atoms with Crippen LogP contribution in [0.1, 0.15) is 41.0 Å². The van der Waals surface area contributed by atoms with Gasteiger partial charge >= 0.3 is 0 Å². The molecule has 1 atom stereocenters. The normalized spacial score (nSPS) is 18.5. The number of benzene rings is 2. The molecule has 2 heteroatoms. The van der Waals surface area contributed by atoms with Gasteiger partial charge in [0.2, 0.25) is 5.91 Å². The maximum atomic E-state index is 13.0. The molecule has 0 N–H and O–H groups in total. The Morgan fingerprint density at radius 1 is 1.00 bits per heavy atom. The second kappa shape index (κ2) is 6.35. The number of aryl methyl sites for hydroxylation is 2. The van der Waals surface area contributed by atoms with Crippen LogP contribution in [0.4, 0.5) is 0 Å². The number of carbonyl (C=O) groups is 1. The molecule has 2 nitrogen and oxygen atoms in total. The van der Waals surface area contributed by atoms with Crippen LogP contribution in [0.3, 0.4) is 0 Å². The van der Waals surface area contributed by atoms with Crippen LogP contribution in [0.2, 0.25) is 0 Å². The first-order valence-corrected chi connectivity index (χ1v) is 8.05. The molecule has 0 saturated carbocycles. The van der Waals surface area contributed by atoms with Crippen LogP contribution in [0.5, 0.6) is 0 Å². The summed E-state index contributed by atoms with van der Waals surface area (Å²) in [4.78, 5) is 15.0. The van der Waals surface area contributed by atoms with Crippen molar-refractivity contribution >= 4 is 5.91 Å². The molecule has 22 heavy (non-hydrogen) atoms. The summed E-state index contributed by atoms with van der Waals surface area (Å²) in [5.74, 6) is 0.311. The van der Waals surface area contributed by atoms with E-state index in [0.29, 0.717) is 0 Å². The molecule has 1 saturated heterocycles. The van der Waals surface area contributed by atoms with E-state index in [2.05, 4.69) is 44.2 Å². The van der Waals surface area contributed by atoms with Gasteiger partial charge < -0.3 is 4.90 Å². The van der Waals surface area contributed by atoms with Crippen LogP contribution in [0.15, 0.2) is 48.5 Å². The van der Waals surface area contributed by atoms with Crippen LogP contribution < -0.4 is 0 Å². The SMILES string of the molecule is Cc1cccc(C)c1C1CCCN(Cc2ccccc2)C1=O. The van der Waals surface area contributed by atoms with Crippen molar-refractivity contribution in [3.63, 3.8) is 0 Å². The molecule has 1 fully saturated rings. The summed E-state index contributed by atoms with van der Waals surface area (Å²) in [7, 11) is 0. The van der Waals surface area contributed by atoms with Gasteiger partial charge in [-0.25, -0.2) is 0 Å². The topological polar surface area (TPSA) is 20.3 Å². The van der Waals surface area contributed by atoms with Crippen molar-refractivity contribution in [2.75, 3.05) is 6.54 Å². The fourth-order valence-electron chi connectivity index (χ4n) is 3.55. The average Bonchev–Trinajstić information content (AvgIpc) is 2.52. The Hall–Kier alpha value is -2.09. The lowest BCUT2D eigenvalue weighted by atomic mass is 9.84. The average molecular weight is 293 g/mol. The van der Waals surface area contributed by atoms with Gasteiger partial charge in [-0.2, -0.15) is 0 Å². The zero-order valence-electron chi connectivity index (χ0n) is 13.4. The largest absolute Gasteiger partial charge is 0.338 e. The Balaban J connectivity index is 1.84. The fourth-order valence-corrected chi connectivity index (χ4v) is 3.55. The number of likely N-dealkylation sites (tertiary alicyclic amines) is 1. The first-order valence-electron chi connectivity index (χ1n) is 8.05. The van der Waals surface area contributed by atoms with Gasteiger partial charge in [-0.1, -0.05) is 48.5 Å². The van der Waals surface area contributed by atoms with E-state index in [1.807, 2.05) is 23.1 Å². The zero-order chi connectivity index (χ0) is 15.5. The highest BCUT2D eigenvalue weighted by Crippen LogP contribution is 2.33. The van der Waals surface area contributed by atoms with E-state index in [-0.39, 0.29) is 11.8 Å². The van der Waals surface area contributed by atoms with Gasteiger partial charge in [0.15, 0.2) is 0 Å². The number of amides is 1. The van der Waals surface area contributed by atoms with E-state index >= 15 is 0 Å². The molecule has 1 aliphatic rings. The zero-order valence-corrected chi connectivity index (χ0v) is 13.4. The van der Waals surface area contributed by atoms with Gasteiger partial charge in [0.1, 0.15) is 0 Å². The Bertz CT molecular complexity index is 642. The molecule has 114 valence electrons. The van der Waals surface area contributed by atoms with E-state index in [1.165, 1.54) is 22.3 Å². The lowest BCUT2D eigenvalue weighted by Crippen LogP contribution is -2.40. The van der Waals surface area contributed by atoms with Crippen LogP contribution in [0.25, 0.3) is 0 Å². The van der Waals surface area contributed by atoms with Crippen LogP contribution >= 0.6 is 0 Å². The molecule has 0 spiro atoms. The summed E-state index contributed by atoms with van der Waals surface area (Å²) in [6, 6.07) is 16.6. The van der Waals surface area contributed by atoms with Gasteiger partial charge in [-0.3, -0.25) is 4.79 Å². The van der Waals surface area contributed by atoms with Crippen molar-refractivity contribution in [1.82, 2.24) is 4.90 Å². The van der Waals surface area contributed by atoms with Gasteiger partial charge in [0.05, 0.1) is 5.92 Å². The lowest BCUT2D eigenvalue weighted by molar-refractivity contribution is -0.135. The maximum Gasteiger partial charge on any atom is 0.230 e. The van der Waals surface area contributed by atoms with Crippen LogP contribution in [-0.2, 0) is 11.3 Å². The number of piperidine rings is 1. The second-order valence-corrected chi connectivity index (χ2v) is 6.25. The number of nitrogens with zero attached hydrogens (tertiary/aromatic N) is 1. The Morgan fingerprint density at radius 2 is 1.68 bits per heavy atom. The third-order valence-corrected chi connectivity index (χ3v) is 4.64. The lowest BCUT2D eigenvalue weighted by Gasteiger charge is -2.34. The minimum absolute atomic E-state index is 0.0265. The van der Waals surface area contributed by atoms with E-state index in [4.69, 9.17) is 0 Å². The standard InChI is InChI=1S/C20H23NO/c1-15-8-6-9-16(2)19(15)18-12-7-13-21(20(18)22)14-17-10-4-3-5-11-17/h3-6,8-11,18H,7,12-14H2,1-2H3. The maximum absolute atomic E-state index is 13.0. The molecule has 0 radical (unpaired) electrons. The quantitative estimate of drug-likeness (QED) is 0.830. The predicted molar refractivity (Wildman–Crippen MR) is 89.8 cm³/mol. The summed E-state index contributed by atoms with van der Waals surface area (Å²) in [6.45, 7) is 5.83. The van der Waals surface area contributed by atoms with E-state index in [9.17, 15) is 4.79 Å². The molecule has 3 rings (SSSR count).